The monoisotopic (exact) mass is 540 g/mol. The number of fused-ring (bicyclic) bond motifs is 1. The van der Waals surface area contributed by atoms with Gasteiger partial charge in [-0.25, -0.2) is 4.98 Å². The number of aromatic nitrogens is 2. The number of amidine groups is 1. The van der Waals surface area contributed by atoms with Gasteiger partial charge < -0.3 is 15.1 Å². The number of nitrogens with two attached hydrogens (primary N) is 1. The molecule has 0 radical (unpaired) electrons. The molecular formula is C29H31F3N4OS. The van der Waals surface area contributed by atoms with Crippen LogP contribution in [-0.4, -0.2) is 22.0 Å². The quantitative estimate of drug-likeness (QED) is 0.114. The van der Waals surface area contributed by atoms with Crippen LogP contribution >= 0.6 is 11.8 Å². The minimum Gasteiger partial charge on any atom is -0.394 e. The Morgan fingerprint density at radius 1 is 1.00 bits per heavy atom. The third-order valence-corrected chi connectivity index (χ3v) is 7.38. The van der Waals surface area contributed by atoms with E-state index in [1.165, 1.54) is 11.6 Å². The summed E-state index contributed by atoms with van der Waals surface area (Å²) < 4.78 is 41.8. The van der Waals surface area contributed by atoms with Crippen LogP contribution in [-0.2, 0) is 29.2 Å². The summed E-state index contributed by atoms with van der Waals surface area (Å²) in [6.45, 7) is 8.73. The lowest BCUT2D eigenvalue weighted by atomic mass is 9.87. The first kappa shape index (κ1) is 27.6. The number of rotatable bonds is 7. The fourth-order valence-electron chi connectivity index (χ4n) is 4.06. The van der Waals surface area contributed by atoms with Crippen LogP contribution in [0, 0.1) is 0 Å². The van der Waals surface area contributed by atoms with Crippen molar-refractivity contribution < 1.29 is 18.0 Å². The van der Waals surface area contributed by atoms with Crippen molar-refractivity contribution in [1.82, 2.24) is 9.55 Å². The average Bonchev–Trinajstić information content (AvgIpc) is 3.20. The Labute approximate surface area is 224 Å². The van der Waals surface area contributed by atoms with E-state index >= 15 is 0 Å². The summed E-state index contributed by atoms with van der Waals surface area (Å²) in [5.41, 5.74) is 10.2. The lowest BCUT2D eigenvalue weighted by Gasteiger charge is -2.19. The summed E-state index contributed by atoms with van der Waals surface area (Å²) in [6.07, 6.45) is -4.44. The van der Waals surface area contributed by atoms with Gasteiger partial charge in [0.2, 0.25) is 0 Å². The van der Waals surface area contributed by atoms with Crippen LogP contribution in [0.4, 0.5) is 13.2 Å². The Bertz CT molecular complexity index is 1470. The normalized spacial score (nSPS) is 12.8. The fraction of sp³-hybridized carbons (Fsp3) is 0.310. The third kappa shape index (κ3) is 5.99. The largest absolute Gasteiger partial charge is 0.416 e. The molecule has 200 valence electrons. The van der Waals surface area contributed by atoms with Gasteiger partial charge in [-0.05, 0) is 53.8 Å². The second-order valence-corrected chi connectivity index (χ2v) is 11.1. The van der Waals surface area contributed by atoms with Crippen molar-refractivity contribution >= 4 is 28.6 Å². The van der Waals surface area contributed by atoms with Gasteiger partial charge in [0.15, 0.2) is 5.84 Å². The number of benzene rings is 3. The molecule has 4 rings (SSSR count). The number of thioether (sulfide) groups is 1. The van der Waals surface area contributed by atoms with Crippen LogP contribution in [0.3, 0.4) is 0 Å². The molecule has 0 saturated heterocycles. The van der Waals surface area contributed by atoms with Crippen molar-refractivity contribution in [2.24, 2.45) is 17.9 Å². The maximum absolute atomic E-state index is 13.3. The molecule has 38 heavy (non-hydrogen) atoms. The van der Waals surface area contributed by atoms with Crippen LogP contribution in [0.15, 0.2) is 70.7 Å². The molecule has 0 amide bonds. The number of oxime groups is 1. The number of nitrogens with zero attached hydrogens (tertiary/aromatic N) is 3. The minimum absolute atomic E-state index is 0.0732. The molecule has 1 aromatic heterocycles. The predicted molar refractivity (Wildman–Crippen MR) is 148 cm³/mol. The predicted octanol–water partition coefficient (Wildman–Crippen LogP) is 7.51. The molecule has 2 N–H and O–H groups in total. The summed E-state index contributed by atoms with van der Waals surface area (Å²) in [7, 11) is 1.79. The SMILES string of the molecule is CCON=C(N)c1ccc(SCc2ccc(C(C)(C)C)cc2)c(-c2nc3cc(C(F)(F)F)ccc3n2C)c1. The summed E-state index contributed by atoms with van der Waals surface area (Å²) in [6, 6.07) is 17.8. The van der Waals surface area contributed by atoms with E-state index < -0.39 is 11.7 Å². The van der Waals surface area contributed by atoms with Gasteiger partial charge in [0.25, 0.3) is 0 Å². The first-order chi connectivity index (χ1) is 17.9. The molecule has 0 atom stereocenters. The third-order valence-electron chi connectivity index (χ3n) is 6.23. The Morgan fingerprint density at radius 2 is 1.68 bits per heavy atom. The topological polar surface area (TPSA) is 65.4 Å². The Morgan fingerprint density at radius 3 is 2.32 bits per heavy atom. The van der Waals surface area contributed by atoms with Crippen LogP contribution in [0.1, 0.15) is 49.9 Å². The maximum Gasteiger partial charge on any atom is 0.416 e. The van der Waals surface area contributed by atoms with E-state index in [1.54, 1.807) is 23.4 Å². The van der Waals surface area contributed by atoms with Crippen molar-refractivity contribution in [1.29, 1.82) is 0 Å². The zero-order valence-electron chi connectivity index (χ0n) is 22.1. The number of aryl methyl sites for hydroxylation is 1. The smallest absolute Gasteiger partial charge is 0.394 e. The highest BCUT2D eigenvalue weighted by molar-refractivity contribution is 7.98. The zero-order chi connectivity index (χ0) is 27.7. The Kier molecular flexibility index (Phi) is 7.78. The molecular weight excluding hydrogens is 509 g/mol. The van der Waals surface area contributed by atoms with Crippen molar-refractivity contribution in [3.05, 3.63) is 82.9 Å². The highest BCUT2D eigenvalue weighted by Crippen LogP contribution is 2.37. The molecule has 0 bridgehead atoms. The van der Waals surface area contributed by atoms with Crippen molar-refractivity contribution in [2.75, 3.05) is 6.61 Å². The van der Waals surface area contributed by atoms with Gasteiger partial charge >= 0.3 is 6.18 Å². The molecule has 0 aliphatic heterocycles. The minimum atomic E-state index is -4.44. The molecule has 0 saturated carbocycles. The van der Waals surface area contributed by atoms with E-state index in [1.807, 2.05) is 25.1 Å². The summed E-state index contributed by atoms with van der Waals surface area (Å²) in [4.78, 5) is 10.6. The van der Waals surface area contributed by atoms with Gasteiger partial charge in [0, 0.05) is 28.8 Å². The number of hydrogen-bond acceptors (Lipinski definition) is 4. The molecule has 0 unspecified atom stereocenters. The number of alkyl halides is 3. The second-order valence-electron chi connectivity index (χ2n) is 10.0. The van der Waals surface area contributed by atoms with Gasteiger partial charge in [-0.1, -0.05) is 56.3 Å². The standard InChI is InChI=1S/C29H31F3N4OS/c1-6-37-35-26(33)19-9-14-25(38-17-18-7-10-20(11-8-18)28(2,3)4)22(15-19)27-34-23-16-21(29(30,31)32)12-13-24(23)36(27)5/h7-16H,6,17H2,1-5H3,(H2,33,35). The van der Waals surface area contributed by atoms with E-state index in [-0.39, 0.29) is 16.8 Å². The zero-order valence-corrected chi connectivity index (χ0v) is 22.9. The van der Waals surface area contributed by atoms with Crippen molar-refractivity contribution in [3.8, 4) is 11.4 Å². The maximum atomic E-state index is 13.3. The van der Waals surface area contributed by atoms with Crippen LogP contribution in [0.25, 0.3) is 22.4 Å². The van der Waals surface area contributed by atoms with Gasteiger partial charge in [0.05, 0.1) is 16.6 Å². The molecule has 1 heterocycles. The van der Waals surface area contributed by atoms with E-state index in [0.29, 0.717) is 29.3 Å². The summed E-state index contributed by atoms with van der Waals surface area (Å²) in [5, 5.41) is 3.94. The van der Waals surface area contributed by atoms with E-state index in [0.717, 1.165) is 28.2 Å². The van der Waals surface area contributed by atoms with Crippen molar-refractivity contribution in [2.45, 2.75) is 49.9 Å². The van der Waals surface area contributed by atoms with Gasteiger partial charge in [-0.2, -0.15) is 13.2 Å². The first-order valence-corrected chi connectivity index (χ1v) is 13.2. The van der Waals surface area contributed by atoms with Crippen LogP contribution < -0.4 is 5.73 Å². The van der Waals surface area contributed by atoms with Crippen molar-refractivity contribution in [3.63, 3.8) is 0 Å². The number of hydrogen-bond donors (Lipinski definition) is 1. The molecule has 3 aromatic carbocycles. The molecule has 0 aliphatic rings. The highest BCUT2D eigenvalue weighted by Gasteiger charge is 2.31. The Hall–Kier alpha value is -3.46. The van der Waals surface area contributed by atoms with Gasteiger partial charge in [0.1, 0.15) is 12.4 Å². The molecule has 0 fully saturated rings. The molecule has 0 aliphatic carbocycles. The van der Waals surface area contributed by atoms with Crippen LogP contribution in [0.5, 0.6) is 0 Å². The Balaban J connectivity index is 1.75. The fourth-order valence-corrected chi connectivity index (χ4v) is 5.04. The number of halogens is 3. The van der Waals surface area contributed by atoms with E-state index in [9.17, 15) is 13.2 Å². The van der Waals surface area contributed by atoms with E-state index in [4.69, 9.17) is 10.6 Å². The molecule has 9 heteroatoms. The molecule has 5 nitrogen and oxygen atoms in total. The average molecular weight is 541 g/mol. The lowest BCUT2D eigenvalue weighted by molar-refractivity contribution is -0.137. The molecule has 4 aromatic rings. The van der Waals surface area contributed by atoms with E-state index in [2.05, 4.69) is 55.2 Å². The lowest BCUT2D eigenvalue weighted by Crippen LogP contribution is -2.14. The number of imidazole rings is 1. The summed E-state index contributed by atoms with van der Waals surface area (Å²) >= 11 is 1.63. The second kappa shape index (κ2) is 10.7. The molecule has 0 spiro atoms. The summed E-state index contributed by atoms with van der Waals surface area (Å²) in [5.74, 6) is 1.46. The van der Waals surface area contributed by atoms with Gasteiger partial charge in [-0.3, -0.25) is 0 Å². The van der Waals surface area contributed by atoms with Crippen LogP contribution in [0.2, 0.25) is 0 Å². The first-order valence-electron chi connectivity index (χ1n) is 12.2. The highest BCUT2D eigenvalue weighted by atomic mass is 32.2. The van der Waals surface area contributed by atoms with Gasteiger partial charge in [-0.15, -0.1) is 11.8 Å².